The topological polar surface area (TPSA) is 72.8 Å². The molecule has 0 saturated heterocycles. The third kappa shape index (κ3) is 5.79. The van der Waals surface area contributed by atoms with Crippen LogP contribution in [0.1, 0.15) is 22.3 Å². The van der Waals surface area contributed by atoms with E-state index in [0.717, 1.165) is 15.4 Å². The molecule has 1 aliphatic heterocycles. The number of rotatable bonds is 7. The smallest absolute Gasteiger partial charge is 0.257 e. The van der Waals surface area contributed by atoms with Crippen LogP contribution in [0.2, 0.25) is 0 Å². The van der Waals surface area contributed by atoms with E-state index in [1.165, 1.54) is 0 Å². The number of aromatic nitrogens is 1. The van der Waals surface area contributed by atoms with Gasteiger partial charge in [0.05, 0.1) is 13.2 Å². The number of thiazole rings is 1. The van der Waals surface area contributed by atoms with Crippen LogP contribution >= 0.6 is 61.6 Å². The number of thioether (sulfide) groups is 1. The van der Waals surface area contributed by atoms with Crippen molar-refractivity contribution in [1.82, 2.24) is 10.3 Å². The van der Waals surface area contributed by atoms with Gasteiger partial charge in [-0.15, -0.1) is 11.3 Å². The van der Waals surface area contributed by atoms with Gasteiger partial charge in [-0.2, -0.15) is 0 Å². The van der Waals surface area contributed by atoms with E-state index < -0.39 is 5.54 Å². The van der Waals surface area contributed by atoms with E-state index in [-0.39, 0.29) is 15.9 Å². The lowest BCUT2D eigenvalue weighted by atomic mass is 9.88. The summed E-state index contributed by atoms with van der Waals surface area (Å²) < 4.78 is 11.9. The highest BCUT2D eigenvalue weighted by Gasteiger charge is 2.44. The van der Waals surface area contributed by atoms with Crippen molar-refractivity contribution in [3.63, 3.8) is 0 Å². The number of methoxy groups -OCH3 is 1. The maximum Gasteiger partial charge on any atom is 0.257 e. The van der Waals surface area contributed by atoms with Crippen LogP contribution in [0.3, 0.4) is 0 Å². The maximum atomic E-state index is 12.6. The Labute approximate surface area is 200 Å². The third-order valence-electron chi connectivity index (χ3n) is 4.47. The quantitative estimate of drug-likeness (QED) is 0.364. The van der Waals surface area contributed by atoms with Gasteiger partial charge in [0, 0.05) is 23.8 Å². The van der Waals surface area contributed by atoms with Crippen molar-refractivity contribution in [1.29, 1.82) is 0 Å². The number of nitrogens with one attached hydrogen (secondary N) is 1. The number of halogens is 2. The number of carbonyl (C=O) groups excluding carboxylic acids is 1. The minimum absolute atomic E-state index is 0.0998. The summed E-state index contributed by atoms with van der Waals surface area (Å²) in [6.07, 6.45) is 0. The van der Waals surface area contributed by atoms with Gasteiger partial charge in [0.15, 0.2) is 5.17 Å². The number of benzene rings is 1. The van der Waals surface area contributed by atoms with Crippen molar-refractivity contribution in [3.05, 3.63) is 50.9 Å². The van der Waals surface area contributed by atoms with Gasteiger partial charge in [-0.3, -0.25) is 4.79 Å². The Morgan fingerprint density at radius 2 is 2.21 bits per heavy atom. The number of carbonyl (C=O) groups is 1. The molecule has 2 heterocycles. The van der Waals surface area contributed by atoms with Crippen LogP contribution in [0.15, 0.2) is 45.3 Å². The van der Waals surface area contributed by atoms with Crippen molar-refractivity contribution >= 4 is 72.7 Å². The average Bonchev–Trinajstić information content (AvgIpc) is 3.16. The molecule has 3 atom stereocenters. The van der Waals surface area contributed by atoms with Gasteiger partial charge in [-0.1, -0.05) is 36.9 Å². The predicted octanol–water partition coefficient (Wildman–Crippen LogP) is 4.69. The molecule has 2 aromatic rings. The third-order valence-corrected chi connectivity index (χ3v) is 8.04. The number of ether oxygens (including phenoxy) is 2. The van der Waals surface area contributed by atoms with Gasteiger partial charge in [0.1, 0.15) is 19.3 Å². The Morgan fingerprint density at radius 1 is 1.45 bits per heavy atom. The van der Waals surface area contributed by atoms with Crippen molar-refractivity contribution in [2.24, 2.45) is 10.9 Å². The molecule has 0 bridgehead atoms. The zero-order valence-corrected chi connectivity index (χ0v) is 21.3. The average molecular weight is 610 g/mol. The van der Waals surface area contributed by atoms with E-state index in [1.807, 2.05) is 23.6 Å². The van der Waals surface area contributed by atoms with Crippen LogP contribution < -0.4 is 5.32 Å². The van der Waals surface area contributed by atoms with Crippen LogP contribution in [-0.2, 0) is 15.0 Å². The monoisotopic (exact) mass is 609 g/mol. The highest BCUT2D eigenvalue weighted by atomic mass is 127. The summed E-state index contributed by atoms with van der Waals surface area (Å²) in [5.74, 6) is 0.798. The fraction of sp³-hybridized carbons (Fsp3) is 0.421. The van der Waals surface area contributed by atoms with E-state index in [9.17, 15) is 4.79 Å². The molecular formula is C19H21BrIN3O3S2. The largest absolute Gasteiger partial charge is 0.381 e. The van der Waals surface area contributed by atoms with Crippen molar-refractivity contribution in [2.75, 3.05) is 26.1 Å². The molecule has 1 N–H and O–H groups in total. The molecule has 1 amide bonds. The fourth-order valence-corrected chi connectivity index (χ4v) is 5.95. The normalized spacial score (nSPS) is 22.8. The number of aliphatic imine (C=N–C) groups is 1. The standard InChI is InChI=1S/C19H21BrIN3O3S2/c1-12-9-29-18(23-16(25)13-6-4-3-5-7-13)24-19(12,11-27-15(21)8-26-2)17-22-14(20)10-28-17/h3-7,10,12,15H,8-9,11H2,1-2H3,(H,23,24,25)/t12-,15-,19-/m0/s1. The summed E-state index contributed by atoms with van der Waals surface area (Å²) in [6, 6.07) is 9.13. The SMILES string of the molecule is COC[C@@H](I)OC[C@]1(c2nc(Br)cs2)N=C(NC(=O)c2ccccc2)SC[C@@H]1C. The zero-order valence-electron chi connectivity index (χ0n) is 15.9. The summed E-state index contributed by atoms with van der Waals surface area (Å²) in [4.78, 5) is 22.2. The lowest BCUT2D eigenvalue weighted by Gasteiger charge is -2.37. The molecule has 1 aliphatic rings. The van der Waals surface area contributed by atoms with Gasteiger partial charge in [-0.25, -0.2) is 9.98 Å². The summed E-state index contributed by atoms with van der Waals surface area (Å²) in [5, 5.41) is 6.35. The first-order valence-corrected chi connectivity index (χ1v) is 12.8. The number of nitrogens with zero attached hydrogens (tertiary/aromatic N) is 2. The Kier molecular flexibility index (Phi) is 8.51. The van der Waals surface area contributed by atoms with Crippen molar-refractivity contribution in [3.8, 4) is 0 Å². The summed E-state index contributed by atoms with van der Waals surface area (Å²) in [5.41, 5.74) is -0.0704. The Hall–Kier alpha value is -0.530. The Morgan fingerprint density at radius 3 is 2.86 bits per heavy atom. The van der Waals surface area contributed by atoms with Crippen LogP contribution in [0.25, 0.3) is 0 Å². The molecule has 1 aromatic heterocycles. The second-order valence-electron chi connectivity index (χ2n) is 6.53. The minimum Gasteiger partial charge on any atom is -0.381 e. The number of hydrogen-bond donors (Lipinski definition) is 1. The number of hydrogen-bond acceptors (Lipinski definition) is 7. The first kappa shape index (κ1) is 23.1. The second-order valence-corrected chi connectivity index (χ2v) is 10.6. The van der Waals surface area contributed by atoms with E-state index >= 15 is 0 Å². The van der Waals surface area contributed by atoms with E-state index in [0.29, 0.717) is 23.9 Å². The minimum atomic E-state index is -0.668. The predicted molar refractivity (Wildman–Crippen MR) is 130 cm³/mol. The molecule has 1 aromatic carbocycles. The van der Waals surface area contributed by atoms with Gasteiger partial charge in [-0.05, 0) is 56.6 Å². The molecule has 0 saturated carbocycles. The molecule has 0 fully saturated rings. The molecule has 6 nitrogen and oxygen atoms in total. The number of amides is 1. The first-order chi connectivity index (χ1) is 13.9. The highest BCUT2D eigenvalue weighted by Crippen LogP contribution is 2.42. The van der Waals surface area contributed by atoms with E-state index in [4.69, 9.17) is 14.5 Å². The van der Waals surface area contributed by atoms with Crippen LogP contribution in [0, 0.1) is 5.92 Å². The maximum absolute atomic E-state index is 12.6. The van der Waals surface area contributed by atoms with Crippen LogP contribution in [-0.4, -0.2) is 46.2 Å². The van der Waals surface area contributed by atoms with Crippen molar-refractivity contribution < 1.29 is 14.3 Å². The lowest BCUT2D eigenvalue weighted by molar-refractivity contribution is 0.0203. The van der Waals surface area contributed by atoms with Crippen LogP contribution in [0.5, 0.6) is 0 Å². The number of amidine groups is 1. The fourth-order valence-electron chi connectivity index (χ4n) is 2.83. The van der Waals surface area contributed by atoms with Crippen LogP contribution in [0.4, 0.5) is 0 Å². The van der Waals surface area contributed by atoms with Gasteiger partial charge >= 0.3 is 0 Å². The molecule has 0 spiro atoms. The lowest BCUT2D eigenvalue weighted by Crippen LogP contribution is -2.45. The second kappa shape index (κ2) is 10.7. The van der Waals surface area contributed by atoms with E-state index in [1.54, 1.807) is 42.3 Å². The number of alkyl halides is 1. The highest BCUT2D eigenvalue weighted by molar-refractivity contribution is 14.1. The molecule has 3 rings (SSSR count). The van der Waals surface area contributed by atoms with Crippen molar-refractivity contribution in [2.45, 2.75) is 16.6 Å². The van der Waals surface area contributed by atoms with Gasteiger partial charge < -0.3 is 14.8 Å². The summed E-state index contributed by atoms with van der Waals surface area (Å²) in [6.45, 7) is 2.99. The van der Waals surface area contributed by atoms with E-state index in [2.05, 4.69) is 55.7 Å². The Balaban J connectivity index is 1.89. The molecule has 0 radical (unpaired) electrons. The molecular weight excluding hydrogens is 589 g/mol. The zero-order chi connectivity index (χ0) is 20.9. The Bertz CT molecular complexity index is 867. The van der Waals surface area contributed by atoms with Gasteiger partial charge in [0.25, 0.3) is 5.91 Å². The van der Waals surface area contributed by atoms with Gasteiger partial charge in [0.2, 0.25) is 0 Å². The first-order valence-electron chi connectivity index (χ1n) is 8.90. The molecule has 0 aliphatic carbocycles. The molecule has 156 valence electrons. The molecule has 0 unspecified atom stereocenters. The summed E-state index contributed by atoms with van der Waals surface area (Å²) >= 11 is 8.74. The summed E-state index contributed by atoms with van der Waals surface area (Å²) in [7, 11) is 1.65. The molecule has 10 heteroatoms. The molecule has 29 heavy (non-hydrogen) atoms.